The first-order valence-electron chi connectivity index (χ1n) is 10.4. The van der Waals surface area contributed by atoms with Crippen molar-refractivity contribution in [3.05, 3.63) is 48.3 Å². The van der Waals surface area contributed by atoms with E-state index < -0.39 is 0 Å². The maximum Gasteiger partial charge on any atom is 0.324 e. The predicted octanol–water partition coefficient (Wildman–Crippen LogP) is 4.15. The van der Waals surface area contributed by atoms with E-state index in [9.17, 15) is 0 Å². The maximum absolute atomic E-state index is 5.45. The third-order valence-electron chi connectivity index (χ3n) is 5.79. The molecule has 0 N–H and O–H groups in total. The van der Waals surface area contributed by atoms with Gasteiger partial charge in [0, 0.05) is 41.8 Å². The molecule has 1 fully saturated rings. The first kappa shape index (κ1) is 18.7. The van der Waals surface area contributed by atoms with Crippen molar-refractivity contribution < 1.29 is 4.52 Å². The number of piperidine rings is 1. The van der Waals surface area contributed by atoms with E-state index in [-0.39, 0.29) is 5.92 Å². The Kier molecular flexibility index (Phi) is 4.69. The second kappa shape index (κ2) is 7.51. The van der Waals surface area contributed by atoms with Crippen LogP contribution in [0.5, 0.6) is 0 Å². The van der Waals surface area contributed by atoms with Gasteiger partial charge in [0.05, 0.1) is 29.6 Å². The molecule has 0 radical (unpaired) electrons. The lowest BCUT2D eigenvalue weighted by Crippen LogP contribution is -2.35. The number of aryl methyl sites for hydroxylation is 1. The van der Waals surface area contributed by atoms with Crippen LogP contribution in [0.4, 0.5) is 6.01 Å². The minimum Gasteiger partial charge on any atom is -0.324 e. The zero-order chi connectivity index (χ0) is 20.7. The summed E-state index contributed by atoms with van der Waals surface area (Å²) < 4.78 is 7.57. The largest absolute Gasteiger partial charge is 0.324 e. The molecular weight excluding hydrogens is 378 g/mol. The van der Waals surface area contributed by atoms with E-state index in [1.54, 1.807) is 6.20 Å². The number of pyridine rings is 2. The fourth-order valence-electron chi connectivity index (χ4n) is 4.03. The monoisotopic (exact) mass is 403 g/mol. The Hall–Kier alpha value is -3.29. The zero-order valence-corrected chi connectivity index (χ0v) is 17.5. The van der Waals surface area contributed by atoms with Crippen molar-refractivity contribution in [2.75, 3.05) is 18.0 Å². The fraction of sp³-hybridized carbons (Fsp3) is 0.409. The summed E-state index contributed by atoms with van der Waals surface area (Å²) in [4.78, 5) is 15.8. The minimum atomic E-state index is 0.267. The topological polar surface area (TPSA) is 85.8 Å². The Morgan fingerprint density at radius 1 is 1.13 bits per heavy atom. The van der Waals surface area contributed by atoms with Crippen molar-refractivity contribution in [1.29, 1.82) is 0 Å². The number of aromatic nitrogens is 6. The molecule has 0 aliphatic carbocycles. The quantitative estimate of drug-likeness (QED) is 0.506. The number of nitrogens with zero attached hydrogens (tertiary/aromatic N) is 7. The standard InChI is InChI=1S/C22H25N7O/c1-14(2)21-26-22(30-27-21)28-9-6-17(7-10-28)29-20-13-24-19(11-16(20)12-25-29)18-5-4-8-23-15(18)3/h4-5,8,11-14,17H,6-7,9-10H2,1-3H3. The van der Waals surface area contributed by atoms with Crippen LogP contribution in [-0.4, -0.2) is 43.0 Å². The van der Waals surface area contributed by atoms with Gasteiger partial charge in [-0.15, -0.1) is 0 Å². The van der Waals surface area contributed by atoms with Gasteiger partial charge < -0.3 is 9.42 Å². The van der Waals surface area contributed by atoms with Crippen LogP contribution >= 0.6 is 0 Å². The lowest BCUT2D eigenvalue weighted by molar-refractivity contribution is 0.347. The molecule has 1 saturated heterocycles. The summed E-state index contributed by atoms with van der Waals surface area (Å²) in [7, 11) is 0. The van der Waals surface area contributed by atoms with Crippen LogP contribution in [0, 0.1) is 6.92 Å². The maximum atomic E-state index is 5.45. The molecule has 0 aromatic carbocycles. The third kappa shape index (κ3) is 3.32. The van der Waals surface area contributed by atoms with Crippen LogP contribution in [0.2, 0.25) is 0 Å². The van der Waals surface area contributed by atoms with Gasteiger partial charge in [-0.05, 0) is 38.0 Å². The Labute approximate surface area is 174 Å². The molecule has 1 aliphatic heterocycles. The van der Waals surface area contributed by atoms with Gasteiger partial charge in [0.2, 0.25) is 0 Å². The van der Waals surface area contributed by atoms with Crippen LogP contribution in [0.15, 0.2) is 41.3 Å². The molecule has 8 nitrogen and oxygen atoms in total. The molecule has 4 aromatic rings. The molecule has 0 atom stereocenters. The summed E-state index contributed by atoms with van der Waals surface area (Å²) in [5.41, 5.74) is 4.03. The molecule has 0 spiro atoms. The number of hydrogen-bond donors (Lipinski definition) is 0. The lowest BCUT2D eigenvalue weighted by Gasteiger charge is -2.30. The van der Waals surface area contributed by atoms with Gasteiger partial charge in [0.25, 0.3) is 0 Å². The Bertz CT molecular complexity index is 1170. The second-order valence-electron chi connectivity index (χ2n) is 8.16. The molecule has 30 heavy (non-hydrogen) atoms. The summed E-state index contributed by atoms with van der Waals surface area (Å²) in [6.07, 6.45) is 7.62. The van der Waals surface area contributed by atoms with Crippen molar-refractivity contribution in [1.82, 2.24) is 29.9 Å². The number of rotatable bonds is 4. The molecule has 1 aliphatic rings. The van der Waals surface area contributed by atoms with E-state index in [1.165, 1.54) is 0 Å². The highest BCUT2D eigenvalue weighted by Crippen LogP contribution is 2.30. The minimum absolute atomic E-state index is 0.267. The SMILES string of the molecule is Cc1ncccc1-c1cc2cnn(C3CCN(c4nc(C(C)C)no4)CC3)c2cn1. The molecule has 4 aromatic heterocycles. The van der Waals surface area contributed by atoms with Crippen LogP contribution in [-0.2, 0) is 0 Å². The molecule has 0 bridgehead atoms. The van der Waals surface area contributed by atoms with Crippen molar-refractivity contribution in [2.24, 2.45) is 0 Å². The molecule has 5 heterocycles. The molecule has 0 saturated carbocycles. The summed E-state index contributed by atoms with van der Waals surface area (Å²) in [5, 5.41) is 9.88. The summed E-state index contributed by atoms with van der Waals surface area (Å²) in [6.45, 7) is 7.88. The molecule has 8 heteroatoms. The normalized spacial score (nSPS) is 15.4. The molecule has 5 rings (SSSR count). The van der Waals surface area contributed by atoms with Crippen molar-refractivity contribution in [3.63, 3.8) is 0 Å². The van der Waals surface area contributed by atoms with E-state index >= 15 is 0 Å². The average Bonchev–Trinajstić information content (AvgIpc) is 3.41. The van der Waals surface area contributed by atoms with Gasteiger partial charge in [-0.25, -0.2) is 0 Å². The summed E-state index contributed by atoms with van der Waals surface area (Å²) >= 11 is 0. The van der Waals surface area contributed by atoms with Gasteiger partial charge in [-0.2, -0.15) is 10.1 Å². The molecular formula is C22H25N7O. The van der Waals surface area contributed by atoms with Gasteiger partial charge in [0.15, 0.2) is 5.82 Å². The summed E-state index contributed by atoms with van der Waals surface area (Å²) in [5.74, 6) is 1.03. The van der Waals surface area contributed by atoms with Crippen LogP contribution in [0.25, 0.3) is 22.2 Å². The van der Waals surface area contributed by atoms with Crippen LogP contribution in [0.3, 0.4) is 0 Å². The van der Waals surface area contributed by atoms with Crippen molar-refractivity contribution >= 4 is 16.9 Å². The number of anilines is 1. The highest BCUT2D eigenvalue weighted by Gasteiger charge is 2.26. The number of hydrogen-bond acceptors (Lipinski definition) is 7. The molecule has 0 unspecified atom stereocenters. The fourth-order valence-corrected chi connectivity index (χ4v) is 4.03. The van der Waals surface area contributed by atoms with Crippen molar-refractivity contribution in [2.45, 2.75) is 45.6 Å². The van der Waals surface area contributed by atoms with Crippen LogP contribution in [0.1, 0.15) is 50.2 Å². The molecule has 0 amide bonds. The first-order chi connectivity index (χ1) is 14.6. The van der Waals surface area contributed by atoms with E-state index in [4.69, 9.17) is 14.6 Å². The van der Waals surface area contributed by atoms with Gasteiger partial charge in [-0.3, -0.25) is 14.6 Å². The zero-order valence-electron chi connectivity index (χ0n) is 17.5. The predicted molar refractivity (Wildman–Crippen MR) is 114 cm³/mol. The highest BCUT2D eigenvalue weighted by atomic mass is 16.5. The Balaban J connectivity index is 1.34. The Morgan fingerprint density at radius 2 is 1.97 bits per heavy atom. The second-order valence-corrected chi connectivity index (χ2v) is 8.16. The Morgan fingerprint density at radius 3 is 2.70 bits per heavy atom. The van der Waals surface area contributed by atoms with Gasteiger partial charge >= 0.3 is 6.01 Å². The average molecular weight is 403 g/mol. The van der Waals surface area contributed by atoms with Gasteiger partial charge in [0.1, 0.15) is 0 Å². The highest BCUT2D eigenvalue weighted by molar-refractivity contribution is 5.82. The van der Waals surface area contributed by atoms with E-state index in [2.05, 4.69) is 50.7 Å². The van der Waals surface area contributed by atoms with E-state index in [0.29, 0.717) is 12.1 Å². The van der Waals surface area contributed by atoms with Gasteiger partial charge in [-0.1, -0.05) is 19.0 Å². The first-order valence-corrected chi connectivity index (χ1v) is 10.4. The van der Waals surface area contributed by atoms with Crippen LogP contribution < -0.4 is 4.90 Å². The lowest BCUT2D eigenvalue weighted by atomic mass is 10.1. The third-order valence-corrected chi connectivity index (χ3v) is 5.79. The van der Waals surface area contributed by atoms with Crippen molar-refractivity contribution in [3.8, 4) is 11.3 Å². The van der Waals surface area contributed by atoms with E-state index in [1.807, 2.05) is 25.4 Å². The number of fused-ring (bicyclic) bond motifs is 1. The molecule has 154 valence electrons. The van der Waals surface area contributed by atoms with E-state index in [0.717, 1.165) is 59.6 Å². The summed E-state index contributed by atoms with van der Waals surface area (Å²) in [6, 6.07) is 7.06. The smallest absolute Gasteiger partial charge is 0.324 e.